The molecule has 7 nitrogen and oxygen atoms in total. The average Bonchev–Trinajstić information content (AvgIpc) is 2.63. The zero-order valence-corrected chi connectivity index (χ0v) is 16.8. The van der Waals surface area contributed by atoms with Gasteiger partial charge in [-0.1, -0.05) is 25.4 Å². The van der Waals surface area contributed by atoms with Crippen LogP contribution in [0.25, 0.3) is 0 Å². The molecule has 0 aromatic heterocycles. The number of ether oxygens (including phenoxy) is 2. The van der Waals surface area contributed by atoms with E-state index in [1.165, 1.54) is 13.2 Å². The summed E-state index contributed by atoms with van der Waals surface area (Å²) in [5.41, 5.74) is 6.48. The number of carbonyl (C=O) groups excluding carboxylic acids is 2. The Balaban J connectivity index is 1.84. The number of nitrogen functional groups attached to an aromatic ring is 1. The number of hydrogen-bond acceptors (Lipinski definition) is 6. The van der Waals surface area contributed by atoms with E-state index in [4.69, 9.17) is 26.8 Å². The average molecular weight is 398 g/mol. The Morgan fingerprint density at radius 3 is 2.59 bits per heavy atom. The van der Waals surface area contributed by atoms with Gasteiger partial charge in [0.2, 0.25) is 0 Å². The van der Waals surface area contributed by atoms with Crippen molar-refractivity contribution in [2.75, 3.05) is 39.1 Å². The first-order valence-electron chi connectivity index (χ1n) is 9.12. The maximum Gasteiger partial charge on any atom is 0.320 e. The Bertz CT molecular complexity index is 673. The number of nitrogens with two attached hydrogens (primary N) is 1. The van der Waals surface area contributed by atoms with Gasteiger partial charge in [0, 0.05) is 25.2 Å². The number of amides is 1. The van der Waals surface area contributed by atoms with E-state index in [0.29, 0.717) is 34.5 Å². The molecule has 1 saturated heterocycles. The van der Waals surface area contributed by atoms with Gasteiger partial charge in [-0.3, -0.25) is 14.5 Å². The minimum Gasteiger partial charge on any atom is -0.496 e. The Hall–Kier alpha value is -1.99. The number of esters is 1. The van der Waals surface area contributed by atoms with Gasteiger partial charge in [0.25, 0.3) is 5.91 Å². The molecule has 1 aliphatic heterocycles. The molecule has 0 saturated carbocycles. The molecule has 0 radical (unpaired) electrons. The fraction of sp³-hybridized carbons (Fsp3) is 0.579. The summed E-state index contributed by atoms with van der Waals surface area (Å²) in [7, 11) is 1.48. The van der Waals surface area contributed by atoms with Crippen molar-refractivity contribution in [3.8, 4) is 5.75 Å². The number of benzene rings is 1. The summed E-state index contributed by atoms with van der Waals surface area (Å²) < 4.78 is 10.4. The molecule has 8 heteroatoms. The lowest BCUT2D eigenvalue weighted by molar-refractivity contribution is -0.146. The van der Waals surface area contributed by atoms with Crippen LogP contribution in [0.4, 0.5) is 5.69 Å². The van der Waals surface area contributed by atoms with Gasteiger partial charge in [0.05, 0.1) is 36.5 Å². The van der Waals surface area contributed by atoms with E-state index in [1.807, 2.05) is 18.7 Å². The SMILES string of the molecule is COc1cc(N)c(Cl)cc1C(=O)NC1CCN(CC(=O)OCC(C)C)CC1. The maximum atomic E-state index is 12.6. The normalized spacial score (nSPS) is 15.6. The number of nitrogens with zero attached hydrogens (tertiary/aromatic N) is 1. The van der Waals surface area contributed by atoms with Gasteiger partial charge in [-0.2, -0.15) is 0 Å². The molecule has 2 rings (SSSR count). The summed E-state index contributed by atoms with van der Waals surface area (Å²) >= 11 is 6.03. The van der Waals surface area contributed by atoms with Crippen LogP contribution in [0, 0.1) is 5.92 Å². The van der Waals surface area contributed by atoms with Crippen LogP contribution in [0.5, 0.6) is 5.75 Å². The second kappa shape index (κ2) is 9.80. The third kappa shape index (κ3) is 6.29. The van der Waals surface area contributed by atoms with Crippen molar-refractivity contribution >= 4 is 29.2 Å². The highest BCUT2D eigenvalue weighted by Gasteiger charge is 2.24. The van der Waals surface area contributed by atoms with Crippen molar-refractivity contribution in [1.82, 2.24) is 10.2 Å². The highest BCUT2D eigenvalue weighted by atomic mass is 35.5. The second-order valence-electron chi connectivity index (χ2n) is 7.17. The molecule has 1 fully saturated rings. The van der Waals surface area contributed by atoms with E-state index in [0.717, 1.165) is 25.9 Å². The highest BCUT2D eigenvalue weighted by Crippen LogP contribution is 2.29. The van der Waals surface area contributed by atoms with E-state index in [1.54, 1.807) is 6.07 Å². The predicted molar refractivity (Wildman–Crippen MR) is 105 cm³/mol. The molecule has 1 heterocycles. The van der Waals surface area contributed by atoms with Crippen molar-refractivity contribution in [2.45, 2.75) is 32.7 Å². The largest absolute Gasteiger partial charge is 0.496 e. The van der Waals surface area contributed by atoms with Crippen LogP contribution in [0.1, 0.15) is 37.0 Å². The summed E-state index contributed by atoms with van der Waals surface area (Å²) in [6.45, 7) is 6.18. The maximum absolute atomic E-state index is 12.6. The van der Waals surface area contributed by atoms with Crippen LogP contribution >= 0.6 is 11.6 Å². The Morgan fingerprint density at radius 2 is 2.00 bits per heavy atom. The minimum atomic E-state index is -0.247. The first-order valence-corrected chi connectivity index (χ1v) is 9.49. The second-order valence-corrected chi connectivity index (χ2v) is 7.58. The van der Waals surface area contributed by atoms with Crippen molar-refractivity contribution in [3.63, 3.8) is 0 Å². The van der Waals surface area contributed by atoms with Gasteiger partial charge >= 0.3 is 5.97 Å². The van der Waals surface area contributed by atoms with Gasteiger partial charge in [-0.15, -0.1) is 0 Å². The fourth-order valence-electron chi connectivity index (χ4n) is 2.90. The number of likely N-dealkylation sites (tertiary alicyclic amines) is 1. The lowest BCUT2D eigenvalue weighted by Gasteiger charge is -2.31. The quantitative estimate of drug-likeness (QED) is 0.541. The zero-order chi connectivity index (χ0) is 20.0. The molecule has 27 heavy (non-hydrogen) atoms. The summed E-state index contributed by atoms with van der Waals surface area (Å²) in [6, 6.07) is 3.09. The van der Waals surface area contributed by atoms with Gasteiger partial charge in [0.1, 0.15) is 5.75 Å². The number of hydrogen-bond donors (Lipinski definition) is 2. The topological polar surface area (TPSA) is 93.9 Å². The monoisotopic (exact) mass is 397 g/mol. The summed E-state index contributed by atoms with van der Waals surface area (Å²) in [5, 5.41) is 3.32. The molecular weight excluding hydrogens is 370 g/mol. The Labute approximate surface area is 165 Å². The van der Waals surface area contributed by atoms with E-state index >= 15 is 0 Å². The molecule has 0 bridgehead atoms. The number of methoxy groups -OCH3 is 1. The number of halogens is 1. The molecule has 1 amide bonds. The molecule has 0 spiro atoms. The zero-order valence-electron chi connectivity index (χ0n) is 16.1. The van der Waals surface area contributed by atoms with Gasteiger partial charge in [-0.25, -0.2) is 0 Å². The molecule has 0 atom stereocenters. The Morgan fingerprint density at radius 1 is 1.33 bits per heavy atom. The molecule has 1 aliphatic rings. The van der Waals surface area contributed by atoms with Gasteiger partial charge in [0.15, 0.2) is 0 Å². The van der Waals surface area contributed by atoms with E-state index in [9.17, 15) is 9.59 Å². The first-order chi connectivity index (χ1) is 12.8. The fourth-order valence-corrected chi connectivity index (χ4v) is 3.07. The molecule has 150 valence electrons. The number of piperidine rings is 1. The summed E-state index contributed by atoms with van der Waals surface area (Å²) in [5.74, 6) is 0.268. The number of nitrogens with one attached hydrogen (secondary N) is 1. The summed E-state index contributed by atoms with van der Waals surface area (Å²) in [6.07, 6.45) is 1.52. The smallest absolute Gasteiger partial charge is 0.320 e. The highest BCUT2D eigenvalue weighted by molar-refractivity contribution is 6.33. The van der Waals surface area contributed by atoms with E-state index < -0.39 is 0 Å². The molecule has 3 N–H and O–H groups in total. The van der Waals surface area contributed by atoms with Crippen LogP contribution in [0.15, 0.2) is 12.1 Å². The molecule has 0 aliphatic carbocycles. The van der Waals surface area contributed by atoms with Crippen molar-refractivity contribution in [2.24, 2.45) is 5.92 Å². The summed E-state index contributed by atoms with van der Waals surface area (Å²) in [4.78, 5) is 26.5. The van der Waals surface area contributed by atoms with Crippen molar-refractivity contribution < 1.29 is 19.1 Å². The van der Waals surface area contributed by atoms with Crippen LogP contribution in [0.2, 0.25) is 5.02 Å². The van der Waals surface area contributed by atoms with Gasteiger partial charge in [-0.05, 0) is 24.8 Å². The molecule has 1 aromatic carbocycles. The third-order valence-electron chi connectivity index (χ3n) is 4.42. The third-order valence-corrected chi connectivity index (χ3v) is 4.74. The van der Waals surface area contributed by atoms with Crippen LogP contribution < -0.4 is 15.8 Å². The minimum absolute atomic E-state index is 0.0291. The number of carbonyl (C=O) groups is 2. The van der Waals surface area contributed by atoms with E-state index in [-0.39, 0.29) is 24.5 Å². The molecule has 1 aromatic rings. The lowest BCUT2D eigenvalue weighted by atomic mass is 10.0. The van der Waals surface area contributed by atoms with E-state index in [2.05, 4.69) is 5.32 Å². The Kier molecular flexibility index (Phi) is 7.74. The van der Waals surface area contributed by atoms with Crippen LogP contribution in [-0.2, 0) is 9.53 Å². The molecular formula is C19H28ClN3O4. The standard InChI is InChI=1S/C19H28ClN3O4/c1-12(2)11-27-18(24)10-23-6-4-13(5-7-23)22-19(25)14-8-15(20)16(21)9-17(14)26-3/h8-9,12-13H,4-7,10-11,21H2,1-3H3,(H,22,25). The van der Waals surface area contributed by atoms with Gasteiger partial charge < -0.3 is 20.5 Å². The first kappa shape index (κ1) is 21.3. The number of rotatable bonds is 7. The lowest BCUT2D eigenvalue weighted by Crippen LogP contribution is -2.46. The molecule has 0 unspecified atom stereocenters. The van der Waals surface area contributed by atoms with Crippen LogP contribution in [-0.4, -0.2) is 56.2 Å². The van der Waals surface area contributed by atoms with Crippen molar-refractivity contribution in [1.29, 1.82) is 0 Å². The van der Waals surface area contributed by atoms with Crippen molar-refractivity contribution in [3.05, 3.63) is 22.7 Å². The predicted octanol–water partition coefficient (Wildman–Crippen LogP) is 2.32. The van der Waals surface area contributed by atoms with Crippen LogP contribution in [0.3, 0.4) is 0 Å². The number of anilines is 1.